The number of fused-ring (bicyclic) bond motifs is 1. The fourth-order valence-corrected chi connectivity index (χ4v) is 3.99. The van der Waals surface area contributed by atoms with Gasteiger partial charge in [0.15, 0.2) is 0 Å². The van der Waals surface area contributed by atoms with E-state index in [-0.39, 0.29) is 5.88 Å². The minimum absolute atomic E-state index is 0.169. The third-order valence-electron chi connectivity index (χ3n) is 3.75. The summed E-state index contributed by atoms with van der Waals surface area (Å²) in [6.07, 6.45) is 5.56. The van der Waals surface area contributed by atoms with E-state index in [1.807, 2.05) is 6.07 Å². The van der Waals surface area contributed by atoms with Gasteiger partial charge in [0, 0.05) is 11.9 Å². The fourth-order valence-electron chi connectivity index (χ4n) is 2.67. The second-order valence-electron chi connectivity index (χ2n) is 5.11. The van der Waals surface area contributed by atoms with E-state index < -0.39 is 0 Å². The molecule has 0 unspecified atom stereocenters. The largest absolute Gasteiger partial charge is 0.492 e. The van der Waals surface area contributed by atoms with Crippen molar-refractivity contribution in [2.24, 2.45) is 0 Å². The standard InChI is InChI=1S/C16H14ClN3OS/c17-13-6-3-7-19-14(13)9-22-16-11-5-2-1-4-10(11)12(8-18)15(21)20-16/h3,6-7H,1-2,4-5,9H2,(H,20,21). The topological polar surface area (TPSA) is 69.8 Å². The minimum atomic E-state index is -0.169. The Morgan fingerprint density at radius 3 is 2.82 bits per heavy atom. The van der Waals surface area contributed by atoms with Crippen molar-refractivity contribution >= 4 is 23.4 Å². The third-order valence-corrected chi connectivity index (χ3v) is 5.12. The first-order valence-electron chi connectivity index (χ1n) is 7.07. The van der Waals surface area contributed by atoms with Gasteiger partial charge in [-0.1, -0.05) is 23.4 Å². The Labute approximate surface area is 138 Å². The smallest absolute Gasteiger partial charge is 0.230 e. The highest BCUT2D eigenvalue weighted by molar-refractivity contribution is 7.98. The van der Waals surface area contributed by atoms with Crippen LogP contribution in [-0.2, 0) is 18.6 Å². The number of aromatic nitrogens is 2. The van der Waals surface area contributed by atoms with Crippen LogP contribution in [0.4, 0.5) is 0 Å². The molecule has 3 rings (SSSR count). The summed E-state index contributed by atoms with van der Waals surface area (Å²) in [6.45, 7) is 0. The lowest BCUT2D eigenvalue weighted by molar-refractivity contribution is 0.442. The SMILES string of the molecule is N#Cc1c(O)nc(SCc2ncccc2Cl)c2c1CCCC2. The van der Waals surface area contributed by atoms with Gasteiger partial charge in [-0.15, -0.1) is 0 Å². The molecule has 0 aromatic carbocycles. The van der Waals surface area contributed by atoms with Crippen LogP contribution in [0.15, 0.2) is 23.4 Å². The first-order valence-corrected chi connectivity index (χ1v) is 8.44. The number of nitriles is 1. The molecule has 6 heteroatoms. The van der Waals surface area contributed by atoms with E-state index in [0.29, 0.717) is 16.3 Å². The molecule has 0 spiro atoms. The molecule has 0 fully saturated rings. The van der Waals surface area contributed by atoms with Gasteiger partial charge in [-0.3, -0.25) is 4.98 Å². The summed E-state index contributed by atoms with van der Waals surface area (Å²) >= 11 is 7.63. The number of aromatic hydroxyl groups is 1. The first kappa shape index (κ1) is 15.1. The summed E-state index contributed by atoms with van der Waals surface area (Å²) in [7, 11) is 0. The number of rotatable bonds is 3. The van der Waals surface area contributed by atoms with Crippen LogP contribution < -0.4 is 0 Å². The van der Waals surface area contributed by atoms with Crippen LogP contribution in [0, 0.1) is 11.3 Å². The number of pyridine rings is 2. The molecule has 1 N–H and O–H groups in total. The van der Waals surface area contributed by atoms with Gasteiger partial charge in [-0.2, -0.15) is 5.26 Å². The van der Waals surface area contributed by atoms with Crippen LogP contribution in [0.2, 0.25) is 5.02 Å². The fraction of sp³-hybridized carbons (Fsp3) is 0.312. The van der Waals surface area contributed by atoms with Gasteiger partial charge in [0.05, 0.1) is 10.7 Å². The highest BCUT2D eigenvalue weighted by atomic mass is 35.5. The van der Waals surface area contributed by atoms with Crippen LogP contribution in [0.25, 0.3) is 0 Å². The van der Waals surface area contributed by atoms with Gasteiger partial charge >= 0.3 is 0 Å². The number of hydrogen-bond acceptors (Lipinski definition) is 5. The third kappa shape index (κ3) is 2.90. The maximum atomic E-state index is 10.0. The molecule has 0 amide bonds. The van der Waals surface area contributed by atoms with Crippen LogP contribution in [0.3, 0.4) is 0 Å². The molecule has 0 saturated heterocycles. The van der Waals surface area contributed by atoms with E-state index in [2.05, 4.69) is 16.0 Å². The van der Waals surface area contributed by atoms with Crippen molar-refractivity contribution in [3.05, 3.63) is 45.7 Å². The maximum Gasteiger partial charge on any atom is 0.230 e. The summed E-state index contributed by atoms with van der Waals surface area (Å²) in [5.74, 6) is 0.419. The summed E-state index contributed by atoms with van der Waals surface area (Å²) in [5.41, 5.74) is 3.17. The summed E-state index contributed by atoms with van der Waals surface area (Å²) in [5, 5.41) is 20.6. The molecular formula is C16H14ClN3OS. The van der Waals surface area contributed by atoms with Crippen molar-refractivity contribution in [1.82, 2.24) is 9.97 Å². The Morgan fingerprint density at radius 1 is 1.32 bits per heavy atom. The van der Waals surface area contributed by atoms with E-state index in [0.717, 1.165) is 47.5 Å². The normalized spacial score (nSPS) is 13.5. The molecule has 0 radical (unpaired) electrons. The molecule has 1 aliphatic carbocycles. The Morgan fingerprint density at radius 2 is 2.09 bits per heavy atom. The number of halogens is 1. The summed E-state index contributed by atoms with van der Waals surface area (Å²) < 4.78 is 0. The van der Waals surface area contributed by atoms with Crippen LogP contribution >= 0.6 is 23.4 Å². The van der Waals surface area contributed by atoms with Crippen LogP contribution in [0.5, 0.6) is 5.88 Å². The number of nitrogens with zero attached hydrogens (tertiary/aromatic N) is 3. The molecule has 0 aliphatic heterocycles. The Bertz CT molecular complexity index is 758. The van der Waals surface area contributed by atoms with E-state index in [1.165, 1.54) is 11.8 Å². The first-order chi connectivity index (χ1) is 10.7. The number of thioether (sulfide) groups is 1. The van der Waals surface area contributed by atoms with Crippen molar-refractivity contribution in [2.45, 2.75) is 36.5 Å². The molecule has 0 bridgehead atoms. The molecule has 22 heavy (non-hydrogen) atoms. The predicted molar refractivity (Wildman–Crippen MR) is 86.1 cm³/mol. The zero-order chi connectivity index (χ0) is 15.5. The van der Waals surface area contributed by atoms with E-state index in [4.69, 9.17) is 11.6 Å². The quantitative estimate of drug-likeness (QED) is 0.864. The van der Waals surface area contributed by atoms with Crippen molar-refractivity contribution in [2.75, 3.05) is 0 Å². The van der Waals surface area contributed by atoms with Crippen molar-refractivity contribution in [1.29, 1.82) is 5.26 Å². The Kier molecular flexibility index (Phi) is 4.51. The minimum Gasteiger partial charge on any atom is -0.492 e. The molecule has 2 heterocycles. The van der Waals surface area contributed by atoms with Gasteiger partial charge in [-0.05, 0) is 48.9 Å². The molecule has 1 aliphatic rings. The van der Waals surface area contributed by atoms with E-state index in [9.17, 15) is 10.4 Å². The van der Waals surface area contributed by atoms with Gasteiger partial charge in [0.1, 0.15) is 16.7 Å². The maximum absolute atomic E-state index is 10.0. The number of hydrogen-bond donors (Lipinski definition) is 1. The Balaban J connectivity index is 1.93. The van der Waals surface area contributed by atoms with Crippen molar-refractivity contribution in [3.63, 3.8) is 0 Å². The molecule has 2 aromatic rings. The summed E-state index contributed by atoms with van der Waals surface area (Å²) in [6, 6.07) is 5.68. The van der Waals surface area contributed by atoms with Gasteiger partial charge in [0.25, 0.3) is 0 Å². The van der Waals surface area contributed by atoms with E-state index in [1.54, 1.807) is 12.3 Å². The van der Waals surface area contributed by atoms with Crippen LogP contribution in [0.1, 0.15) is 35.2 Å². The van der Waals surface area contributed by atoms with Gasteiger partial charge in [0.2, 0.25) is 5.88 Å². The predicted octanol–water partition coefficient (Wildman–Crippen LogP) is 3.88. The molecule has 4 nitrogen and oxygen atoms in total. The monoisotopic (exact) mass is 331 g/mol. The lowest BCUT2D eigenvalue weighted by Crippen LogP contribution is -2.09. The lowest BCUT2D eigenvalue weighted by Gasteiger charge is -2.20. The average Bonchev–Trinajstić information content (AvgIpc) is 2.54. The van der Waals surface area contributed by atoms with Crippen LogP contribution in [-0.4, -0.2) is 15.1 Å². The lowest BCUT2D eigenvalue weighted by atomic mass is 9.90. The molecule has 112 valence electrons. The average molecular weight is 332 g/mol. The summed E-state index contributed by atoms with van der Waals surface area (Å²) in [4.78, 5) is 8.49. The zero-order valence-corrected chi connectivity index (χ0v) is 13.4. The second kappa shape index (κ2) is 6.55. The molecule has 0 saturated carbocycles. The van der Waals surface area contributed by atoms with Crippen molar-refractivity contribution in [3.8, 4) is 11.9 Å². The molecule has 2 aromatic heterocycles. The van der Waals surface area contributed by atoms with Gasteiger partial charge in [-0.25, -0.2) is 4.98 Å². The van der Waals surface area contributed by atoms with Crippen molar-refractivity contribution < 1.29 is 5.11 Å². The highest BCUT2D eigenvalue weighted by Gasteiger charge is 2.22. The van der Waals surface area contributed by atoms with E-state index >= 15 is 0 Å². The zero-order valence-electron chi connectivity index (χ0n) is 11.8. The second-order valence-corrected chi connectivity index (χ2v) is 6.48. The molecular weight excluding hydrogens is 318 g/mol. The van der Waals surface area contributed by atoms with Gasteiger partial charge < -0.3 is 5.11 Å². The highest BCUT2D eigenvalue weighted by Crippen LogP contribution is 2.36. The molecule has 0 atom stereocenters. The Hall–Kier alpha value is -1.77.